The highest BCUT2D eigenvalue weighted by atomic mass is 19.1. The molecule has 0 aliphatic heterocycles. The maximum absolute atomic E-state index is 13.3. The molecule has 1 amide bonds. The van der Waals surface area contributed by atoms with Gasteiger partial charge in [0, 0.05) is 5.56 Å². The maximum Gasteiger partial charge on any atom is 0.412 e. The molecule has 0 fully saturated rings. The molecule has 0 radical (unpaired) electrons. The molecule has 0 bridgehead atoms. The first-order valence-electron chi connectivity index (χ1n) is 6.52. The fourth-order valence-electron chi connectivity index (χ4n) is 1.57. The number of benzene rings is 1. The summed E-state index contributed by atoms with van der Waals surface area (Å²) >= 11 is 0. The molecule has 0 spiro atoms. The molecule has 120 valence electrons. The lowest BCUT2D eigenvalue weighted by molar-refractivity contribution is -0.139. The molecular formula is C15H18FNO5. The Kier molecular flexibility index (Phi) is 5.62. The molecule has 0 unspecified atom stereocenters. The molecule has 0 atom stereocenters. The summed E-state index contributed by atoms with van der Waals surface area (Å²) < 4.78 is 22.8. The van der Waals surface area contributed by atoms with Crippen molar-refractivity contribution in [1.29, 1.82) is 0 Å². The molecule has 22 heavy (non-hydrogen) atoms. The summed E-state index contributed by atoms with van der Waals surface area (Å²) in [6, 6.07) is 3.25. The number of carbonyl (C=O) groups excluding carboxylic acids is 3. The lowest BCUT2D eigenvalue weighted by Crippen LogP contribution is -2.27. The number of halogens is 1. The van der Waals surface area contributed by atoms with Crippen molar-refractivity contribution in [2.45, 2.75) is 32.8 Å². The Morgan fingerprint density at radius 3 is 2.41 bits per heavy atom. The summed E-state index contributed by atoms with van der Waals surface area (Å²) in [6.45, 7) is 5.04. The van der Waals surface area contributed by atoms with E-state index in [1.165, 1.54) is 6.07 Å². The number of amides is 1. The van der Waals surface area contributed by atoms with E-state index in [9.17, 15) is 18.8 Å². The normalized spacial score (nSPS) is 10.8. The van der Waals surface area contributed by atoms with Gasteiger partial charge < -0.3 is 9.47 Å². The second-order valence-electron chi connectivity index (χ2n) is 5.49. The van der Waals surface area contributed by atoms with Crippen LogP contribution >= 0.6 is 0 Å². The van der Waals surface area contributed by atoms with Crippen LogP contribution in [0, 0.1) is 5.82 Å². The predicted octanol–water partition coefficient (Wildman–Crippen LogP) is 2.92. The number of hydrogen-bond acceptors (Lipinski definition) is 5. The molecule has 1 N–H and O–H groups in total. The van der Waals surface area contributed by atoms with Crippen LogP contribution in [0.2, 0.25) is 0 Å². The summed E-state index contributed by atoms with van der Waals surface area (Å²) in [7, 11) is 1.14. The number of rotatable bonds is 4. The summed E-state index contributed by atoms with van der Waals surface area (Å²) in [5.74, 6) is -2.09. The van der Waals surface area contributed by atoms with Crippen molar-refractivity contribution < 1.29 is 28.2 Å². The van der Waals surface area contributed by atoms with Crippen LogP contribution in [0.1, 0.15) is 37.6 Å². The van der Waals surface area contributed by atoms with Crippen molar-refractivity contribution in [2.24, 2.45) is 0 Å². The Morgan fingerprint density at radius 2 is 1.86 bits per heavy atom. The number of ether oxygens (including phenoxy) is 2. The second-order valence-corrected chi connectivity index (χ2v) is 5.49. The number of carbonyl (C=O) groups is 3. The van der Waals surface area contributed by atoms with Crippen LogP contribution in [0.5, 0.6) is 0 Å². The van der Waals surface area contributed by atoms with Gasteiger partial charge in [0.2, 0.25) is 0 Å². The van der Waals surface area contributed by atoms with Gasteiger partial charge in [-0.15, -0.1) is 0 Å². The largest absolute Gasteiger partial charge is 0.469 e. The Bertz CT molecular complexity index is 592. The van der Waals surface area contributed by atoms with E-state index in [1.807, 2.05) is 0 Å². The molecule has 6 nitrogen and oxygen atoms in total. The molecule has 0 saturated carbocycles. The molecule has 0 aromatic heterocycles. The lowest BCUT2D eigenvalue weighted by Gasteiger charge is -2.20. The third kappa shape index (κ3) is 5.51. The van der Waals surface area contributed by atoms with Crippen molar-refractivity contribution in [3.05, 3.63) is 29.6 Å². The van der Waals surface area contributed by atoms with Gasteiger partial charge in [-0.25, -0.2) is 9.18 Å². The van der Waals surface area contributed by atoms with Crippen molar-refractivity contribution in [1.82, 2.24) is 0 Å². The average molecular weight is 311 g/mol. The van der Waals surface area contributed by atoms with Crippen LogP contribution in [-0.2, 0) is 14.3 Å². The summed E-state index contributed by atoms with van der Waals surface area (Å²) in [5, 5.41) is 2.37. The molecule has 1 aromatic carbocycles. The zero-order valence-electron chi connectivity index (χ0n) is 12.9. The first-order valence-corrected chi connectivity index (χ1v) is 6.52. The van der Waals surface area contributed by atoms with Gasteiger partial charge in [0.25, 0.3) is 0 Å². The van der Waals surface area contributed by atoms with E-state index in [1.54, 1.807) is 20.8 Å². The maximum atomic E-state index is 13.3. The predicted molar refractivity (Wildman–Crippen MR) is 77.2 cm³/mol. The van der Waals surface area contributed by atoms with Crippen molar-refractivity contribution in [3.63, 3.8) is 0 Å². The van der Waals surface area contributed by atoms with E-state index < -0.39 is 35.7 Å². The van der Waals surface area contributed by atoms with Crippen LogP contribution in [-0.4, -0.2) is 30.6 Å². The number of ketones is 1. The molecule has 1 aromatic rings. The van der Waals surface area contributed by atoms with Crippen LogP contribution in [0.25, 0.3) is 0 Å². The summed E-state index contributed by atoms with van der Waals surface area (Å²) in [5.41, 5.74) is -0.791. The number of anilines is 1. The number of hydrogen-bond donors (Lipinski definition) is 1. The quantitative estimate of drug-likeness (QED) is 0.525. The third-order valence-corrected chi connectivity index (χ3v) is 2.45. The number of esters is 1. The summed E-state index contributed by atoms with van der Waals surface area (Å²) in [4.78, 5) is 34.9. The van der Waals surface area contributed by atoms with Crippen LogP contribution in [0.3, 0.4) is 0 Å². The second kappa shape index (κ2) is 7.02. The molecule has 1 rings (SSSR count). The van der Waals surface area contributed by atoms with Crippen molar-refractivity contribution >= 4 is 23.5 Å². The van der Waals surface area contributed by atoms with E-state index in [0.29, 0.717) is 0 Å². The molecule has 7 heteroatoms. The molecule has 0 aliphatic rings. The van der Waals surface area contributed by atoms with Crippen molar-refractivity contribution in [3.8, 4) is 0 Å². The van der Waals surface area contributed by atoms with Gasteiger partial charge in [0.15, 0.2) is 5.78 Å². The lowest BCUT2D eigenvalue weighted by atomic mass is 10.1. The summed E-state index contributed by atoms with van der Waals surface area (Å²) in [6.07, 6.45) is -1.34. The van der Waals surface area contributed by atoms with Crippen LogP contribution in [0.4, 0.5) is 14.9 Å². The van der Waals surface area contributed by atoms with Crippen molar-refractivity contribution in [2.75, 3.05) is 12.4 Å². The molecule has 0 heterocycles. The zero-order chi connectivity index (χ0) is 16.9. The van der Waals surface area contributed by atoms with Gasteiger partial charge in [-0.1, -0.05) is 0 Å². The minimum atomic E-state index is -0.786. The minimum absolute atomic E-state index is 0.0598. The zero-order valence-corrected chi connectivity index (χ0v) is 12.9. The Hall–Kier alpha value is -2.44. The van der Waals surface area contributed by atoms with Gasteiger partial charge in [-0.3, -0.25) is 14.9 Å². The molecular weight excluding hydrogens is 293 g/mol. The monoisotopic (exact) mass is 311 g/mol. The number of methoxy groups -OCH3 is 1. The van der Waals surface area contributed by atoms with Gasteiger partial charge >= 0.3 is 12.1 Å². The van der Waals surface area contributed by atoms with E-state index in [0.717, 1.165) is 19.2 Å². The SMILES string of the molecule is COC(=O)CC(=O)c1cc(F)ccc1NC(=O)OC(C)(C)C. The van der Waals surface area contributed by atoms with E-state index in [4.69, 9.17) is 4.74 Å². The fourth-order valence-corrected chi connectivity index (χ4v) is 1.57. The van der Waals surface area contributed by atoms with E-state index in [-0.39, 0.29) is 11.3 Å². The van der Waals surface area contributed by atoms with Gasteiger partial charge in [0.05, 0.1) is 12.8 Å². The third-order valence-electron chi connectivity index (χ3n) is 2.45. The average Bonchev–Trinajstić information content (AvgIpc) is 2.38. The molecule has 0 saturated heterocycles. The highest BCUT2D eigenvalue weighted by molar-refractivity contribution is 6.10. The highest BCUT2D eigenvalue weighted by Crippen LogP contribution is 2.20. The van der Waals surface area contributed by atoms with E-state index in [2.05, 4.69) is 10.1 Å². The first kappa shape index (κ1) is 17.6. The number of nitrogens with one attached hydrogen (secondary N) is 1. The highest BCUT2D eigenvalue weighted by Gasteiger charge is 2.21. The topological polar surface area (TPSA) is 81.7 Å². The Balaban J connectivity index is 2.98. The van der Waals surface area contributed by atoms with Gasteiger partial charge in [-0.05, 0) is 39.0 Å². The smallest absolute Gasteiger partial charge is 0.412 e. The standard InChI is InChI=1S/C15H18FNO5/c1-15(2,3)22-14(20)17-11-6-5-9(16)7-10(11)12(18)8-13(19)21-4/h5-7H,8H2,1-4H3,(H,17,20). The van der Waals surface area contributed by atoms with Gasteiger partial charge in [0.1, 0.15) is 17.8 Å². The fraction of sp³-hybridized carbons (Fsp3) is 0.400. The Morgan fingerprint density at radius 1 is 1.23 bits per heavy atom. The van der Waals surface area contributed by atoms with Gasteiger partial charge in [-0.2, -0.15) is 0 Å². The van der Waals surface area contributed by atoms with E-state index >= 15 is 0 Å². The number of Topliss-reactive ketones (excluding diaryl/α,β-unsaturated/α-hetero) is 1. The molecule has 0 aliphatic carbocycles. The first-order chi connectivity index (χ1) is 10.1. The van der Waals surface area contributed by atoms with Crippen LogP contribution < -0.4 is 5.32 Å². The minimum Gasteiger partial charge on any atom is -0.469 e. The Labute approximate surface area is 127 Å². The van der Waals surface area contributed by atoms with Crippen LogP contribution in [0.15, 0.2) is 18.2 Å².